The van der Waals surface area contributed by atoms with Crippen LogP contribution in [0.3, 0.4) is 0 Å². The van der Waals surface area contributed by atoms with Crippen molar-refractivity contribution in [2.24, 2.45) is 5.41 Å². The van der Waals surface area contributed by atoms with Crippen LogP contribution in [-0.2, 0) is 4.74 Å². The minimum atomic E-state index is -0.205. The Morgan fingerprint density at radius 1 is 1.09 bits per heavy atom. The fourth-order valence-electron chi connectivity index (χ4n) is 5.08. The van der Waals surface area contributed by atoms with E-state index in [0.717, 1.165) is 54.5 Å². The number of aryl methyl sites for hydroxylation is 1. The van der Waals surface area contributed by atoms with Crippen molar-refractivity contribution >= 4 is 22.8 Å². The fourth-order valence-corrected chi connectivity index (χ4v) is 5.08. The summed E-state index contributed by atoms with van der Waals surface area (Å²) in [5.41, 5.74) is 7.19. The fraction of sp³-hybridized carbons (Fsp3) is 0.333. The number of hydrogen-bond donors (Lipinski definition) is 1. The molecule has 1 aliphatic carbocycles. The Balaban J connectivity index is 1.13. The van der Waals surface area contributed by atoms with Crippen molar-refractivity contribution in [1.82, 2.24) is 19.6 Å². The van der Waals surface area contributed by atoms with Gasteiger partial charge in [0, 0.05) is 42.9 Å². The monoisotopic (exact) mass is 466 g/mol. The van der Waals surface area contributed by atoms with E-state index < -0.39 is 0 Å². The highest BCUT2D eigenvalue weighted by atomic mass is 16.5. The smallest absolute Gasteiger partial charge is 0.259 e. The zero-order chi connectivity index (χ0) is 23.6. The molecule has 6 heterocycles. The zero-order valence-corrected chi connectivity index (χ0v) is 19.6. The van der Waals surface area contributed by atoms with Crippen molar-refractivity contribution in [2.75, 3.05) is 36.5 Å². The molecular formula is C27H26N6O2. The average Bonchev–Trinajstić information content (AvgIpc) is 3.58. The van der Waals surface area contributed by atoms with Gasteiger partial charge in [-0.05, 0) is 55.5 Å². The first kappa shape index (κ1) is 20.6. The van der Waals surface area contributed by atoms with Crippen LogP contribution in [0.2, 0.25) is 0 Å². The van der Waals surface area contributed by atoms with E-state index in [1.165, 1.54) is 18.4 Å². The maximum atomic E-state index is 13.3. The molecule has 8 nitrogen and oxygen atoms in total. The summed E-state index contributed by atoms with van der Waals surface area (Å²) < 4.78 is 7.13. The topological polar surface area (TPSA) is 84.7 Å². The Bertz CT molecular complexity index is 1440. The number of nitrogens with one attached hydrogen (secondary N) is 1. The van der Waals surface area contributed by atoms with Gasteiger partial charge in [0.1, 0.15) is 0 Å². The minimum Gasteiger partial charge on any atom is -0.380 e. The second kappa shape index (κ2) is 7.61. The van der Waals surface area contributed by atoms with Crippen LogP contribution in [0.15, 0.2) is 55.1 Å². The van der Waals surface area contributed by atoms with E-state index in [9.17, 15) is 4.79 Å². The SMILES string of the molecule is Cc1ncc(-c2ccc(C3CC3)cn2)cc1NC(=O)c1cnn2ccc(N3CC4(COC4)C3)cc12. The Hall–Kier alpha value is -3.78. The molecule has 1 spiro atoms. The van der Waals surface area contributed by atoms with Crippen molar-refractivity contribution in [1.29, 1.82) is 0 Å². The molecule has 4 aromatic heterocycles. The van der Waals surface area contributed by atoms with Crippen LogP contribution in [0.1, 0.15) is 40.4 Å². The van der Waals surface area contributed by atoms with Crippen molar-refractivity contribution in [3.05, 3.63) is 71.9 Å². The number of anilines is 2. The second-order valence-corrected chi connectivity index (χ2v) is 10.2. The molecule has 4 aromatic rings. The molecule has 8 heteroatoms. The van der Waals surface area contributed by atoms with E-state index in [0.29, 0.717) is 22.6 Å². The zero-order valence-electron chi connectivity index (χ0n) is 19.6. The summed E-state index contributed by atoms with van der Waals surface area (Å²) in [6.45, 7) is 5.57. The van der Waals surface area contributed by atoms with Crippen LogP contribution in [0.5, 0.6) is 0 Å². The lowest BCUT2D eigenvalue weighted by molar-refractivity contribution is -0.127. The molecule has 7 rings (SSSR count). The van der Waals surface area contributed by atoms with E-state index in [4.69, 9.17) is 4.74 Å². The first-order valence-corrected chi connectivity index (χ1v) is 12.1. The predicted molar refractivity (Wildman–Crippen MR) is 133 cm³/mol. The third kappa shape index (κ3) is 3.56. The van der Waals surface area contributed by atoms with E-state index in [2.05, 4.69) is 31.3 Å². The molecule has 0 unspecified atom stereocenters. The van der Waals surface area contributed by atoms with Gasteiger partial charge in [-0.2, -0.15) is 5.10 Å². The van der Waals surface area contributed by atoms with Crippen LogP contribution >= 0.6 is 0 Å². The summed E-state index contributed by atoms with van der Waals surface area (Å²) in [7, 11) is 0. The molecule has 176 valence electrons. The van der Waals surface area contributed by atoms with E-state index in [1.807, 2.05) is 43.6 Å². The highest BCUT2D eigenvalue weighted by Crippen LogP contribution is 2.41. The van der Waals surface area contributed by atoms with Crippen molar-refractivity contribution < 1.29 is 9.53 Å². The lowest BCUT2D eigenvalue weighted by Crippen LogP contribution is -2.66. The molecule has 0 atom stereocenters. The summed E-state index contributed by atoms with van der Waals surface area (Å²) in [5.74, 6) is 0.465. The number of amides is 1. The largest absolute Gasteiger partial charge is 0.380 e. The molecule has 2 saturated heterocycles. The van der Waals surface area contributed by atoms with Crippen LogP contribution in [-0.4, -0.2) is 51.8 Å². The van der Waals surface area contributed by atoms with Gasteiger partial charge in [0.25, 0.3) is 5.91 Å². The lowest BCUT2D eigenvalue weighted by atomic mass is 9.78. The average molecular weight is 467 g/mol. The molecule has 1 amide bonds. The summed E-state index contributed by atoms with van der Waals surface area (Å²) in [6, 6.07) is 10.2. The summed E-state index contributed by atoms with van der Waals surface area (Å²) in [5, 5.41) is 7.44. The van der Waals surface area contributed by atoms with Gasteiger partial charge in [0.2, 0.25) is 0 Å². The van der Waals surface area contributed by atoms with Gasteiger partial charge in [0.05, 0.1) is 53.0 Å². The Morgan fingerprint density at radius 2 is 1.94 bits per heavy atom. The third-order valence-electron chi connectivity index (χ3n) is 7.45. The number of nitrogens with zero attached hydrogens (tertiary/aromatic N) is 5. The number of ether oxygens (including phenoxy) is 1. The van der Waals surface area contributed by atoms with E-state index in [1.54, 1.807) is 16.9 Å². The maximum absolute atomic E-state index is 13.3. The molecule has 3 fully saturated rings. The number of pyridine rings is 3. The summed E-state index contributed by atoms with van der Waals surface area (Å²) in [6.07, 6.45) is 9.80. The highest BCUT2D eigenvalue weighted by molar-refractivity contribution is 6.09. The maximum Gasteiger partial charge on any atom is 0.259 e. The number of fused-ring (bicyclic) bond motifs is 1. The van der Waals surface area contributed by atoms with Crippen molar-refractivity contribution in [3.63, 3.8) is 0 Å². The Kier molecular flexibility index (Phi) is 4.48. The molecular weight excluding hydrogens is 440 g/mol. The number of hydrogen-bond acceptors (Lipinski definition) is 6. The molecule has 0 radical (unpaired) electrons. The number of aromatic nitrogens is 4. The van der Waals surface area contributed by atoms with Gasteiger partial charge >= 0.3 is 0 Å². The molecule has 0 bridgehead atoms. The van der Waals surface area contributed by atoms with Crippen LogP contribution in [0.25, 0.3) is 16.8 Å². The first-order chi connectivity index (χ1) is 17.1. The van der Waals surface area contributed by atoms with Gasteiger partial charge < -0.3 is 15.0 Å². The predicted octanol–water partition coefficient (Wildman–Crippen LogP) is 4.07. The normalized spacial score (nSPS) is 18.4. The second-order valence-electron chi connectivity index (χ2n) is 10.2. The first-order valence-electron chi connectivity index (χ1n) is 12.1. The summed E-state index contributed by atoms with van der Waals surface area (Å²) >= 11 is 0. The lowest BCUT2D eigenvalue weighted by Gasteiger charge is -2.56. The van der Waals surface area contributed by atoms with Crippen LogP contribution in [0.4, 0.5) is 11.4 Å². The van der Waals surface area contributed by atoms with Gasteiger partial charge in [-0.3, -0.25) is 14.8 Å². The molecule has 35 heavy (non-hydrogen) atoms. The Morgan fingerprint density at radius 3 is 2.66 bits per heavy atom. The number of carbonyl (C=O) groups excluding carboxylic acids is 1. The molecule has 3 aliphatic rings. The molecule has 1 saturated carbocycles. The van der Waals surface area contributed by atoms with Crippen molar-refractivity contribution in [3.8, 4) is 11.3 Å². The van der Waals surface area contributed by atoms with Gasteiger partial charge in [-0.15, -0.1) is 0 Å². The van der Waals surface area contributed by atoms with E-state index >= 15 is 0 Å². The van der Waals surface area contributed by atoms with Gasteiger partial charge in [-0.25, -0.2) is 4.52 Å². The van der Waals surface area contributed by atoms with Crippen LogP contribution in [0, 0.1) is 12.3 Å². The van der Waals surface area contributed by atoms with E-state index in [-0.39, 0.29) is 5.91 Å². The van der Waals surface area contributed by atoms with Gasteiger partial charge in [-0.1, -0.05) is 6.07 Å². The minimum absolute atomic E-state index is 0.205. The number of rotatable bonds is 5. The molecule has 1 N–H and O–H groups in total. The quantitative estimate of drug-likeness (QED) is 0.477. The highest BCUT2D eigenvalue weighted by Gasteiger charge is 2.49. The number of carbonyl (C=O) groups is 1. The Labute approximate surface area is 203 Å². The van der Waals surface area contributed by atoms with Crippen LogP contribution < -0.4 is 10.2 Å². The molecule has 0 aromatic carbocycles. The third-order valence-corrected chi connectivity index (χ3v) is 7.45. The molecule has 2 aliphatic heterocycles. The standard InChI is InChI=1S/C27H26N6O2/c1-17-24(8-20(11-28-17)23-5-4-19(10-29-23)18-2-3-18)31-26(34)22-12-30-33-7-6-21(9-25(22)33)32-13-27(14-32)15-35-16-27/h4-12,18H,2-3,13-16H2,1H3,(H,31,34). The summed E-state index contributed by atoms with van der Waals surface area (Å²) in [4.78, 5) is 24.8. The van der Waals surface area contributed by atoms with Gasteiger partial charge in [0.15, 0.2) is 0 Å². The van der Waals surface area contributed by atoms with Crippen molar-refractivity contribution in [2.45, 2.75) is 25.7 Å².